The minimum absolute atomic E-state index is 0.0706. The first-order valence-electron chi connectivity index (χ1n) is 5.98. The zero-order chi connectivity index (χ0) is 14.7. The minimum Gasteiger partial charge on any atom is -0.481 e. The average Bonchev–Trinajstić information content (AvgIpc) is 2.36. The van der Waals surface area contributed by atoms with Gasteiger partial charge in [0, 0.05) is 33.0 Å². The third-order valence-electron chi connectivity index (χ3n) is 2.29. The lowest BCUT2D eigenvalue weighted by Gasteiger charge is -2.11. The molecule has 8 nitrogen and oxygen atoms in total. The number of carboxylic acid groups (broad SMARTS) is 1. The molecule has 0 bridgehead atoms. The number of carboxylic acids is 1. The lowest BCUT2D eigenvalue weighted by molar-refractivity contribution is -0.137. The number of aliphatic carboxylic acids is 1. The molecule has 1 atom stereocenters. The Hall–Kier alpha value is -1.67. The molecule has 0 heterocycles. The standard InChI is InChI=1S/C11H21N3O5/c1-19-7-6-13-9(15)4-5-14-11(18)8(12)2-3-10(16)17/h8H,2-7,12H2,1H3,(H,13,15)(H,14,18)(H,16,17). The Morgan fingerprint density at radius 3 is 2.47 bits per heavy atom. The molecule has 0 fully saturated rings. The van der Waals surface area contributed by atoms with Crippen molar-refractivity contribution in [2.75, 3.05) is 26.8 Å². The zero-order valence-electron chi connectivity index (χ0n) is 11.0. The lowest BCUT2D eigenvalue weighted by Crippen LogP contribution is -2.42. The van der Waals surface area contributed by atoms with Crippen molar-refractivity contribution in [3.8, 4) is 0 Å². The number of amides is 2. The van der Waals surface area contributed by atoms with E-state index in [4.69, 9.17) is 15.6 Å². The summed E-state index contributed by atoms with van der Waals surface area (Å²) in [6.45, 7) is 1.01. The number of methoxy groups -OCH3 is 1. The third kappa shape index (κ3) is 9.98. The van der Waals surface area contributed by atoms with Gasteiger partial charge in [-0.15, -0.1) is 0 Å². The van der Waals surface area contributed by atoms with E-state index >= 15 is 0 Å². The highest BCUT2D eigenvalue weighted by atomic mass is 16.5. The van der Waals surface area contributed by atoms with E-state index in [1.54, 1.807) is 0 Å². The first-order valence-corrected chi connectivity index (χ1v) is 5.98. The van der Waals surface area contributed by atoms with E-state index < -0.39 is 17.9 Å². The lowest BCUT2D eigenvalue weighted by atomic mass is 10.1. The summed E-state index contributed by atoms with van der Waals surface area (Å²) < 4.78 is 4.76. The summed E-state index contributed by atoms with van der Waals surface area (Å²) in [4.78, 5) is 33.0. The van der Waals surface area contributed by atoms with Gasteiger partial charge in [0.05, 0.1) is 12.6 Å². The average molecular weight is 275 g/mol. The van der Waals surface area contributed by atoms with Gasteiger partial charge in [-0.25, -0.2) is 0 Å². The molecule has 0 aliphatic rings. The van der Waals surface area contributed by atoms with E-state index in [0.717, 1.165) is 0 Å². The second-order valence-electron chi connectivity index (χ2n) is 3.92. The molecule has 0 aromatic carbocycles. The van der Waals surface area contributed by atoms with Crippen LogP contribution in [0, 0.1) is 0 Å². The fraction of sp³-hybridized carbons (Fsp3) is 0.727. The molecular weight excluding hydrogens is 254 g/mol. The van der Waals surface area contributed by atoms with E-state index in [9.17, 15) is 14.4 Å². The number of rotatable bonds is 10. The summed E-state index contributed by atoms with van der Waals surface area (Å²) >= 11 is 0. The summed E-state index contributed by atoms with van der Waals surface area (Å²) in [5.74, 6) is -1.65. The van der Waals surface area contributed by atoms with Crippen molar-refractivity contribution in [2.45, 2.75) is 25.3 Å². The van der Waals surface area contributed by atoms with Crippen molar-refractivity contribution in [2.24, 2.45) is 5.73 Å². The summed E-state index contributed by atoms with van der Waals surface area (Å²) in [6.07, 6.45) is 0.0500. The van der Waals surface area contributed by atoms with Crippen LogP contribution in [0.1, 0.15) is 19.3 Å². The van der Waals surface area contributed by atoms with Crippen LogP contribution in [0.15, 0.2) is 0 Å². The monoisotopic (exact) mass is 275 g/mol. The van der Waals surface area contributed by atoms with E-state index in [1.807, 2.05) is 0 Å². The molecule has 0 aromatic rings. The summed E-state index contributed by atoms with van der Waals surface area (Å²) in [6, 6.07) is -0.868. The Bertz CT molecular complexity index is 309. The van der Waals surface area contributed by atoms with Crippen LogP contribution in [0.2, 0.25) is 0 Å². The van der Waals surface area contributed by atoms with Gasteiger partial charge >= 0.3 is 5.97 Å². The normalized spacial score (nSPS) is 11.7. The maximum Gasteiger partial charge on any atom is 0.303 e. The maximum absolute atomic E-state index is 11.4. The Morgan fingerprint density at radius 2 is 1.89 bits per heavy atom. The van der Waals surface area contributed by atoms with Crippen LogP contribution in [0.3, 0.4) is 0 Å². The van der Waals surface area contributed by atoms with E-state index in [-0.39, 0.29) is 31.7 Å². The molecule has 0 saturated heterocycles. The minimum atomic E-state index is -0.999. The summed E-state index contributed by atoms with van der Waals surface area (Å²) in [5, 5.41) is 13.5. The number of carbonyl (C=O) groups excluding carboxylic acids is 2. The molecule has 1 unspecified atom stereocenters. The first kappa shape index (κ1) is 17.3. The summed E-state index contributed by atoms with van der Waals surface area (Å²) in [5.41, 5.74) is 5.49. The van der Waals surface area contributed by atoms with Gasteiger partial charge in [-0.05, 0) is 6.42 Å². The Morgan fingerprint density at radius 1 is 1.21 bits per heavy atom. The third-order valence-corrected chi connectivity index (χ3v) is 2.29. The van der Waals surface area contributed by atoms with Gasteiger partial charge in [0.25, 0.3) is 0 Å². The molecule has 0 radical (unpaired) electrons. The van der Waals surface area contributed by atoms with Crippen LogP contribution in [-0.4, -0.2) is 55.7 Å². The van der Waals surface area contributed by atoms with Crippen molar-refractivity contribution < 1.29 is 24.2 Å². The van der Waals surface area contributed by atoms with Crippen molar-refractivity contribution in [1.82, 2.24) is 10.6 Å². The fourth-order valence-corrected chi connectivity index (χ4v) is 1.22. The molecular formula is C11H21N3O5. The van der Waals surface area contributed by atoms with E-state index in [2.05, 4.69) is 10.6 Å². The molecule has 19 heavy (non-hydrogen) atoms. The number of nitrogens with two attached hydrogens (primary N) is 1. The number of nitrogens with one attached hydrogen (secondary N) is 2. The van der Waals surface area contributed by atoms with Gasteiger partial charge in [-0.1, -0.05) is 0 Å². The molecule has 0 rings (SSSR count). The topological polar surface area (TPSA) is 131 Å². The van der Waals surface area contributed by atoms with Gasteiger partial charge in [0.1, 0.15) is 0 Å². The van der Waals surface area contributed by atoms with Crippen molar-refractivity contribution >= 4 is 17.8 Å². The maximum atomic E-state index is 11.4. The van der Waals surface area contributed by atoms with Gasteiger partial charge in [0.2, 0.25) is 11.8 Å². The van der Waals surface area contributed by atoms with Crippen LogP contribution in [0.5, 0.6) is 0 Å². The van der Waals surface area contributed by atoms with Gasteiger partial charge in [-0.2, -0.15) is 0 Å². The quantitative estimate of drug-likeness (QED) is 0.357. The first-order chi connectivity index (χ1) is 8.97. The van der Waals surface area contributed by atoms with E-state index in [1.165, 1.54) is 7.11 Å². The predicted molar refractivity (Wildman–Crippen MR) is 67.4 cm³/mol. The number of carbonyl (C=O) groups is 3. The van der Waals surface area contributed by atoms with Gasteiger partial charge < -0.3 is 26.2 Å². The van der Waals surface area contributed by atoms with E-state index in [0.29, 0.717) is 13.2 Å². The molecule has 5 N–H and O–H groups in total. The number of hydrogen-bond donors (Lipinski definition) is 4. The smallest absolute Gasteiger partial charge is 0.303 e. The predicted octanol–water partition coefficient (Wildman–Crippen LogP) is -1.55. The van der Waals surface area contributed by atoms with Gasteiger partial charge in [-0.3, -0.25) is 14.4 Å². The fourth-order valence-electron chi connectivity index (χ4n) is 1.22. The molecule has 2 amide bonds. The Kier molecular flexibility index (Phi) is 9.37. The molecule has 0 aliphatic heterocycles. The molecule has 8 heteroatoms. The SMILES string of the molecule is COCCNC(=O)CCNC(=O)C(N)CCC(=O)O. The highest BCUT2D eigenvalue weighted by Crippen LogP contribution is 1.94. The van der Waals surface area contributed by atoms with Crippen LogP contribution in [0.4, 0.5) is 0 Å². The molecule has 110 valence electrons. The Balaban J connectivity index is 3.66. The second-order valence-corrected chi connectivity index (χ2v) is 3.92. The number of ether oxygens (including phenoxy) is 1. The zero-order valence-corrected chi connectivity index (χ0v) is 11.0. The van der Waals surface area contributed by atoms with Crippen LogP contribution >= 0.6 is 0 Å². The largest absolute Gasteiger partial charge is 0.481 e. The van der Waals surface area contributed by atoms with Crippen molar-refractivity contribution in [3.05, 3.63) is 0 Å². The Labute approximate surface area is 111 Å². The highest BCUT2D eigenvalue weighted by molar-refractivity contribution is 5.83. The van der Waals surface area contributed by atoms with Crippen molar-refractivity contribution in [3.63, 3.8) is 0 Å². The molecule has 0 saturated carbocycles. The highest BCUT2D eigenvalue weighted by Gasteiger charge is 2.14. The molecule has 0 spiro atoms. The molecule has 0 aromatic heterocycles. The molecule has 0 aliphatic carbocycles. The second kappa shape index (κ2) is 10.3. The number of hydrogen-bond acceptors (Lipinski definition) is 5. The van der Waals surface area contributed by atoms with Gasteiger partial charge in [0.15, 0.2) is 0 Å². The summed E-state index contributed by atoms with van der Waals surface area (Å²) in [7, 11) is 1.53. The van der Waals surface area contributed by atoms with Crippen molar-refractivity contribution in [1.29, 1.82) is 0 Å². The van der Waals surface area contributed by atoms with Crippen LogP contribution < -0.4 is 16.4 Å². The van der Waals surface area contributed by atoms with Crippen LogP contribution in [-0.2, 0) is 19.1 Å². The van der Waals surface area contributed by atoms with Crippen LogP contribution in [0.25, 0.3) is 0 Å².